The van der Waals surface area contributed by atoms with Crippen molar-refractivity contribution in [3.05, 3.63) is 40.6 Å². The van der Waals surface area contributed by atoms with Crippen LogP contribution in [0.15, 0.2) is 35.1 Å². The molecule has 0 aliphatic carbocycles. The van der Waals surface area contributed by atoms with Gasteiger partial charge in [-0.25, -0.2) is 9.13 Å². The molecule has 0 radical (unpaired) electrons. The maximum absolute atomic E-state index is 3.48. The highest BCUT2D eigenvalue weighted by Crippen LogP contribution is 2.23. The number of aryl methyl sites for hydroxylation is 3. The minimum Gasteiger partial charge on any atom is -0.233 e. The average molecular weight is 266 g/mol. The first kappa shape index (κ1) is 10.4. The van der Waals surface area contributed by atoms with Gasteiger partial charge in [-0.1, -0.05) is 15.9 Å². The van der Waals surface area contributed by atoms with Crippen molar-refractivity contribution in [2.24, 2.45) is 14.1 Å². The molecule has 0 atom stereocenters. The Labute approximate surface area is 98.3 Å². The van der Waals surface area contributed by atoms with E-state index in [0.717, 1.165) is 4.47 Å². The molecule has 0 fully saturated rings. The topological polar surface area (TPSA) is 8.81 Å². The van der Waals surface area contributed by atoms with Crippen LogP contribution < -0.4 is 4.57 Å². The maximum atomic E-state index is 3.48. The van der Waals surface area contributed by atoms with Gasteiger partial charge in [-0.3, -0.25) is 0 Å². The predicted molar refractivity (Wildman–Crippen MR) is 64.5 cm³/mol. The number of aromatic nitrogens is 2. The second kappa shape index (κ2) is 3.81. The SMILES string of the molecule is Cc1cc(Br)ccc1-c1n(C)cc[n+]1C. The quantitative estimate of drug-likeness (QED) is 0.701. The Hall–Kier alpha value is -1.09. The van der Waals surface area contributed by atoms with Gasteiger partial charge in [-0.2, -0.15) is 0 Å². The lowest BCUT2D eigenvalue weighted by Gasteiger charge is -2.03. The van der Waals surface area contributed by atoms with Gasteiger partial charge < -0.3 is 0 Å². The van der Waals surface area contributed by atoms with E-state index in [0.29, 0.717) is 0 Å². The van der Waals surface area contributed by atoms with E-state index >= 15 is 0 Å². The van der Waals surface area contributed by atoms with Gasteiger partial charge in [0.2, 0.25) is 0 Å². The smallest absolute Gasteiger partial charge is 0.233 e. The number of halogens is 1. The second-order valence-corrected chi connectivity index (χ2v) is 4.72. The molecule has 0 unspecified atom stereocenters. The Morgan fingerprint density at radius 3 is 2.60 bits per heavy atom. The molecule has 0 spiro atoms. The highest BCUT2D eigenvalue weighted by Gasteiger charge is 2.16. The summed E-state index contributed by atoms with van der Waals surface area (Å²) in [5, 5.41) is 0. The summed E-state index contributed by atoms with van der Waals surface area (Å²) in [6.45, 7) is 2.13. The van der Waals surface area contributed by atoms with Crippen LogP contribution in [-0.2, 0) is 14.1 Å². The van der Waals surface area contributed by atoms with E-state index in [-0.39, 0.29) is 0 Å². The molecule has 1 aromatic carbocycles. The van der Waals surface area contributed by atoms with Crippen LogP contribution >= 0.6 is 15.9 Å². The maximum Gasteiger partial charge on any atom is 0.288 e. The summed E-state index contributed by atoms with van der Waals surface area (Å²) in [7, 11) is 4.13. The van der Waals surface area contributed by atoms with E-state index in [4.69, 9.17) is 0 Å². The predicted octanol–water partition coefficient (Wildman–Crippen LogP) is 2.59. The van der Waals surface area contributed by atoms with Crippen molar-refractivity contribution in [1.29, 1.82) is 0 Å². The summed E-state index contributed by atoms with van der Waals surface area (Å²) < 4.78 is 5.40. The summed E-state index contributed by atoms with van der Waals surface area (Å²) >= 11 is 3.48. The Morgan fingerprint density at radius 2 is 2.07 bits per heavy atom. The Kier molecular flexibility index (Phi) is 2.65. The van der Waals surface area contributed by atoms with Crippen LogP contribution in [-0.4, -0.2) is 4.57 Å². The van der Waals surface area contributed by atoms with Crippen molar-refractivity contribution < 1.29 is 4.57 Å². The highest BCUT2D eigenvalue weighted by atomic mass is 79.9. The number of hydrogen-bond acceptors (Lipinski definition) is 0. The minimum absolute atomic E-state index is 1.13. The lowest BCUT2D eigenvalue weighted by atomic mass is 10.1. The summed E-state index contributed by atoms with van der Waals surface area (Å²) in [6, 6.07) is 6.37. The molecule has 0 N–H and O–H groups in total. The molecule has 2 rings (SSSR count). The molecule has 0 saturated carbocycles. The number of imidazole rings is 1. The average Bonchev–Trinajstić information content (AvgIpc) is 2.48. The molecule has 2 nitrogen and oxygen atoms in total. The van der Waals surface area contributed by atoms with Gasteiger partial charge >= 0.3 is 0 Å². The normalized spacial score (nSPS) is 10.7. The fourth-order valence-electron chi connectivity index (χ4n) is 1.85. The van der Waals surface area contributed by atoms with Crippen molar-refractivity contribution in [3.8, 4) is 11.4 Å². The standard InChI is InChI=1S/C12H14BrN2/c1-9-8-10(13)4-5-11(9)12-14(2)6-7-15(12)3/h4-8H,1-3H3/q+1. The number of hydrogen-bond donors (Lipinski definition) is 0. The van der Waals surface area contributed by atoms with Crippen LogP contribution in [0.5, 0.6) is 0 Å². The first-order valence-electron chi connectivity index (χ1n) is 4.87. The summed E-state index contributed by atoms with van der Waals surface area (Å²) in [5.41, 5.74) is 2.55. The fourth-order valence-corrected chi connectivity index (χ4v) is 2.32. The molecule has 0 saturated heterocycles. The van der Waals surface area contributed by atoms with E-state index in [1.54, 1.807) is 0 Å². The molecular weight excluding hydrogens is 252 g/mol. The van der Waals surface area contributed by atoms with E-state index < -0.39 is 0 Å². The third-order valence-electron chi connectivity index (χ3n) is 2.61. The van der Waals surface area contributed by atoms with Gasteiger partial charge in [0.25, 0.3) is 5.82 Å². The zero-order valence-corrected chi connectivity index (χ0v) is 10.7. The van der Waals surface area contributed by atoms with Crippen LogP contribution in [0.1, 0.15) is 5.56 Å². The highest BCUT2D eigenvalue weighted by molar-refractivity contribution is 9.10. The molecule has 3 heteroatoms. The van der Waals surface area contributed by atoms with Gasteiger partial charge in [0.05, 0.1) is 19.7 Å². The molecule has 15 heavy (non-hydrogen) atoms. The van der Waals surface area contributed by atoms with Crippen LogP contribution in [0.2, 0.25) is 0 Å². The van der Waals surface area contributed by atoms with E-state index in [2.05, 4.69) is 76.7 Å². The molecule has 2 aromatic rings. The molecule has 0 bridgehead atoms. The molecule has 0 aliphatic rings. The number of benzene rings is 1. The lowest BCUT2D eigenvalue weighted by molar-refractivity contribution is -0.659. The Morgan fingerprint density at radius 1 is 1.33 bits per heavy atom. The third kappa shape index (κ3) is 1.84. The van der Waals surface area contributed by atoms with Crippen molar-refractivity contribution in [1.82, 2.24) is 4.57 Å². The third-order valence-corrected chi connectivity index (χ3v) is 3.10. The van der Waals surface area contributed by atoms with E-state index in [1.807, 2.05) is 0 Å². The second-order valence-electron chi connectivity index (χ2n) is 3.80. The summed E-state index contributed by atoms with van der Waals surface area (Å²) in [6.07, 6.45) is 4.13. The first-order valence-corrected chi connectivity index (χ1v) is 5.66. The minimum atomic E-state index is 1.13. The Balaban J connectivity index is 2.64. The monoisotopic (exact) mass is 265 g/mol. The number of rotatable bonds is 1. The van der Waals surface area contributed by atoms with Crippen LogP contribution in [0, 0.1) is 6.92 Å². The molecule has 0 amide bonds. The van der Waals surface area contributed by atoms with Crippen LogP contribution in [0.4, 0.5) is 0 Å². The Bertz CT molecular complexity index is 481. The zero-order chi connectivity index (χ0) is 11.0. The molecule has 78 valence electrons. The van der Waals surface area contributed by atoms with Gasteiger partial charge in [0.15, 0.2) is 0 Å². The molecule has 1 aromatic heterocycles. The van der Waals surface area contributed by atoms with Gasteiger partial charge in [-0.05, 0) is 30.7 Å². The van der Waals surface area contributed by atoms with Gasteiger partial charge in [0.1, 0.15) is 12.4 Å². The van der Waals surface area contributed by atoms with Crippen LogP contribution in [0.25, 0.3) is 11.4 Å². The largest absolute Gasteiger partial charge is 0.288 e. The van der Waals surface area contributed by atoms with Gasteiger partial charge in [0, 0.05) is 4.47 Å². The van der Waals surface area contributed by atoms with E-state index in [1.165, 1.54) is 17.0 Å². The van der Waals surface area contributed by atoms with Crippen LogP contribution in [0.3, 0.4) is 0 Å². The summed E-state index contributed by atoms with van der Waals surface area (Å²) in [4.78, 5) is 0. The number of nitrogens with zero attached hydrogens (tertiary/aromatic N) is 2. The molecule has 1 heterocycles. The molecule has 0 aliphatic heterocycles. The van der Waals surface area contributed by atoms with Crippen molar-refractivity contribution in [3.63, 3.8) is 0 Å². The van der Waals surface area contributed by atoms with Crippen molar-refractivity contribution >= 4 is 15.9 Å². The fraction of sp³-hybridized carbons (Fsp3) is 0.250. The summed E-state index contributed by atoms with van der Waals surface area (Å²) in [5.74, 6) is 1.22. The van der Waals surface area contributed by atoms with Crippen molar-refractivity contribution in [2.45, 2.75) is 6.92 Å². The zero-order valence-electron chi connectivity index (χ0n) is 9.16. The first-order chi connectivity index (χ1) is 7.09. The van der Waals surface area contributed by atoms with Gasteiger partial charge in [-0.15, -0.1) is 0 Å². The van der Waals surface area contributed by atoms with E-state index in [9.17, 15) is 0 Å². The van der Waals surface area contributed by atoms with Crippen molar-refractivity contribution in [2.75, 3.05) is 0 Å². The molecular formula is C12H14BrN2+. The lowest BCUT2D eigenvalue weighted by Crippen LogP contribution is -2.28.